The molecular formula is C25H31F3N4O2. The summed E-state index contributed by atoms with van der Waals surface area (Å²) in [6, 6.07) is 5.43. The molecular weight excluding hydrogens is 445 g/mol. The Morgan fingerprint density at radius 3 is 2.38 bits per heavy atom. The van der Waals surface area contributed by atoms with E-state index in [1.807, 2.05) is 21.6 Å². The second-order valence-corrected chi connectivity index (χ2v) is 9.80. The van der Waals surface area contributed by atoms with Crippen molar-refractivity contribution in [3.05, 3.63) is 29.3 Å². The highest BCUT2D eigenvalue weighted by atomic mass is 19.4. The predicted octanol–water partition coefficient (Wildman–Crippen LogP) is 4.04. The molecule has 0 aromatic heterocycles. The van der Waals surface area contributed by atoms with Crippen LogP contribution < -0.4 is 4.90 Å². The van der Waals surface area contributed by atoms with Gasteiger partial charge in [-0.25, -0.2) is 0 Å². The average molecular weight is 477 g/mol. The van der Waals surface area contributed by atoms with Crippen LogP contribution >= 0.6 is 0 Å². The summed E-state index contributed by atoms with van der Waals surface area (Å²) < 4.78 is 40.7. The van der Waals surface area contributed by atoms with Crippen LogP contribution in [-0.2, 0) is 15.8 Å². The van der Waals surface area contributed by atoms with Crippen LogP contribution in [0.1, 0.15) is 56.6 Å². The fraction of sp³-hybridized carbons (Fsp3) is 0.640. The molecule has 3 saturated heterocycles. The van der Waals surface area contributed by atoms with Crippen molar-refractivity contribution < 1.29 is 22.8 Å². The van der Waals surface area contributed by atoms with Gasteiger partial charge in [0, 0.05) is 56.8 Å². The number of benzene rings is 1. The molecule has 6 nitrogen and oxygen atoms in total. The monoisotopic (exact) mass is 476 g/mol. The Bertz CT molecular complexity index is 973. The lowest BCUT2D eigenvalue weighted by molar-refractivity contribution is -0.140. The maximum Gasteiger partial charge on any atom is 0.417 e. The molecule has 3 aliphatic rings. The molecule has 4 rings (SSSR count). The zero-order valence-electron chi connectivity index (χ0n) is 19.5. The van der Waals surface area contributed by atoms with E-state index in [2.05, 4.69) is 0 Å². The third kappa shape index (κ3) is 4.59. The number of piperidine rings is 1. The number of alkyl halides is 3. The normalized spacial score (nSPS) is 22.3. The molecule has 3 heterocycles. The van der Waals surface area contributed by atoms with Gasteiger partial charge in [-0.05, 0) is 50.3 Å². The van der Waals surface area contributed by atoms with Gasteiger partial charge in [0.2, 0.25) is 11.8 Å². The van der Waals surface area contributed by atoms with E-state index < -0.39 is 17.3 Å². The summed E-state index contributed by atoms with van der Waals surface area (Å²) in [6.07, 6.45) is -0.0885. The molecule has 1 aromatic rings. The van der Waals surface area contributed by atoms with Crippen molar-refractivity contribution in [2.75, 3.05) is 44.2 Å². The summed E-state index contributed by atoms with van der Waals surface area (Å²) in [6.45, 7) is 5.37. The predicted molar refractivity (Wildman–Crippen MR) is 121 cm³/mol. The third-order valence-electron chi connectivity index (χ3n) is 7.73. The van der Waals surface area contributed by atoms with E-state index in [1.165, 1.54) is 6.07 Å². The number of likely N-dealkylation sites (tertiary alicyclic amines) is 2. The highest BCUT2D eigenvalue weighted by Crippen LogP contribution is 2.48. The lowest BCUT2D eigenvalue weighted by Gasteiger charge is -2.42. The standard InChI is InChI=1S/C25H31F3N4O2/c1-2-5-22(33)30-12-8-24(9-13-30)17-32(16-21(24)23(34)31-10-3-4-11-31)19-7-6-18(15-29)20(14-19)25(26,27)28/h6-7,14,21H,2-5,8-13,16-17H2,1H3. The van der Waals surface area contributed by atoms with Crippen LogP contribution in [0.2, 0.25) is 0 Å². The summed E-state index contributed by atoms with van der Waals surface area (Å²) in [5.74, 6) is -0.117. The summed E-state index contributed by atoms with van der Waals surface area (Å²) in [5.41, 5.74) is -1.35. The smallest absolute Gasteiger partial charge is 0.370 e. The first-order valence-electron chi connectivity index (χ1n) is 12.1. The Labute approximate surface area is 198 Å². The van der Waals surface area contributed by atoms with Crippen molar-refractivity contribution in [2.24, 2.45) is 11.3 Å². The number of anilines is 1. The van der Waals surface area contributed by atoms with E-state index in [0.717, 1.165) is 38.4 Å². The van der Waals surface area contributed by atoms with Crippen molar-refractivity contribution in [1.29, 1.82) is 5.26 Å². The largest absolute Gasteiger partial charge is 0.417 e. The fourth-order valence-corrected chi connectivity index (χ4v) is 5.80. The quantitative estimate of drug-likeness (QED) is 0.658. The topological polar surface area (TPSA) is 67.6 Å². The highest BCUT2D eigenvalue weighted by Gasteiger charge is 2.53. The molecule has 184 valence electrons. The molecule has 0 bridgehead atoms. The number of rotatable bonds is 4. The summed E-state index contributed by atoms with van der Waals surface area (Å²) in [4.78, 5) is 31.6. The Morgan fingerprint density at radius 2 is 1.79 bits per heavy atom. The highest BCUT2D eigenvalue weighted by molar-refractivity contribution is 5.82. The van der Waals surface area contributed by atoms with E-state index >= 15 is 0 Å². The van der Waals surface area contributed by atoms with Crippen molar-refractivity contribution in [2.45, 2.75) is 51.6 Å². The van der Waals surface area contributed by atoms with E-state index in [-0.39, 0.29) is 23.1 Å². The number of hydrogen-bond donors (Lipinski definition) is 0. The molecule has 1 atom stereocenters. The molecule has 0 N–H and O–H groups in total. The lowest BCUT2D eigenvalue weighted by Crippen LogP contribution is -2.50. The van der Waals surface area contributed by atoms with Crippen LogP contribution in [0.5, 0.6) is 0 Å². The van der Waals surface area contributed by atoms with Crippen LogP contribution in [0.25, 0.3) is 0 Å². The van der Waals surface area contributed by atoms with Crippen LogP contribution in [-0.4, -0.2) is 60.9 Å². The molecule has 1 unspecified atom stereocenters. The first kappa shape index (κ1) is 24.4. The minimum absolute atomic E-state index is 0.0815. The minimum Gasteiger partial charge on any atom is -0.370 e. The molecule has 3 fully saturated rings. The molecule has 34 heavy (non-hydrogen) atoms. The van der Waals surface area contributed by atoms with Gasteiger partial charge in [0.15, 0.2) is 0 Å². The summed E-state index contributed by atoms with van der Waals surface area (Å²) in [7, 11) is 0. The number of hydrogen-bond acceptors (Lipinski definition) is 4. The van der Waals surface area contributed by atoms with Gasteiger partial charge in [0.05, 0.1) is 23.1 Å². The van der Waals surface area contributed by atoms with Gasteiger partial charge in [-0.15, -0.1) is 0 Å². The second kappa shape index (κ2) is 9.47. The molecule has 1 aromatic carbocycles. The Kier molecular flexibility index (Phi) is 6.79. The molecule has 0 radical (unpaired) electrons. The van der Waals surface area contributed by atoms with Crippen molar-refractivity contribution >= 4 is 17.5 Å². The molecule has 0 saturated carbocycles. The fourth-order valence-electron chi connectivity index (χ4n) is 5.80. The van der Waals surface area contributed by atoms with E-state index in [4.69, 9.17) is 5.26 Å². The van der Waals surface area contributed by atoms with Crippen LogP contribution in [0.3, 0.4) is 0 Å². The first-order valence-corrected chi connectivity index (χ1v) is 12.1. The maximum atomic E-state index is 13.6. The van der Waals surface area contributed by atoms with Gasteiger partial charge < -0.3 is 14.7 Å². The zero-order chi connectivity index (χ0) is 24.5. The lowest BCUT2D eigenvalue weighted by atomic mass is 9.70. The number of halogens is 3. The average Bonchev–Trinajstić information content (AvgIpc) is 3.47. The van der Waals surface area contributed by atoms with E-state index in [1.54, 1.807) is 12.1 Å². The number of nitriles is 1. The number of nitrogens with zero attached hydrogens (tertiary/aromatic N) is 4. The van der Waals surface area contributed by atoms with Gasteiger partial charge in [0.1, 0.15) is 0 Å². The molecule has 1 spiro atoms. The Morgan fingerprint density at radius 1 is 1.12 bits per heavy atom. The zero-order valence-corrected chi connectivity index (χ0v) is 19.5. The number of carbonyl (C=O) groups is 2. The van der Waals surface area contributed by atoms with Crippen LogP contribution in [0.4, 0.5) is 18.9 Å². The molecule has 0 aliphatic carbocycles. The number of amides is 2. The Hall–Kier alpha value is -2.76. The van der Waals surface area contributed by atoms with Crippen molar-refractivity contribution in [3.8, 4) is 6.07 Å². The SMILES string of the molecule is CCCC(=O)N1CCC2(CC1)CN(c1ccc(C#N)c(C(F)(F)F)c1)CC2C(=O)N1CCCC1. The van der Waals surface area contributed by atoms with Gasteiger partial charge >= 0.3 is 6.18 Å². The molecule has 3 aliphatic heterocycles. The minimum atomic E-state index is -4.63. The van der Waals surface area contributed by atoms with Crippen molar-refractivity contribution in [3.63, 3.8) is 0 Å². The van der Waals surface area contributed by atoms with Gasteiger partial charge in [-0.2, -0.15) is 18.4 Å². The van der Waals surface area contributed by atoms with E-state index in [0.29, 0.717) is 51.1 Å². The Balaban J connectivity index is 1.62. The maximum absolute atomic E-state index is 13.6. The van der Waals surface area contributed by atoms with Crippen LogP contribution in [0.15, 0.2) is 18.2 Å². The summed E-state index contributed by atoms with van der Waals surface area (Å²) >= 11 is 0. The number of carbonyl (C=O) groups excluding carboxylic acids is 2. The molecule has 2 amide bonds. The van der Waals surface area contributed by atoms with Gasteiger partial charge in [-0.1, -0.05) is 6.92 Å². The first-order chi connectivity index (χ1) is 16.2. The van der Waals surface area contributed by atoms with Crippen LogP contribution in [0, 0.1) is 22.7 Å². The van der Waals surface area contributed by atoms with Crippen molar-refractivity contribution in [1.82, 2.24) is 9.80 Å². The van der Waals surface area contributed by atoms with Gasteiger partial charge in [-0.3, -0.25) is 9.59 Å². The molecule has 9 heteroatoms. The van der Waals surface area contributed by atoms with E-state index in [9.17, 15) is 22.8 Å². The summed E-state index contributed by atoms with van der Waals surface area (Å²) in [5, 5.41) is 9.13. The third-order valence-corrected chi connectivity index (χ3v) is 7.73. The second-order valence-electron chi connectivity index (χ2n) is 9.80. The van der Waals surface area contributed by atoms with Gasteiger partial charge in [0.25, 0.3) is 0 Å².